The van der Waals surface area contributed by atoms with Crippen LogP contribution < -0.4 is 0 Å². The van der Waals surface area contributed by atoms with Gasteiger partial charge in [0.25, 0.3) is 0 Å². The van der Waals surface area contributed by atoms with Crippen LogP contribution >= 0.6 is 11.3 Å². The van der Waals surface area contributed by atoms with Gasteiger partial charge in [-0.05, 0) is 6.92 Å². The van der Waals surface area contributed by atoms with E-state index >= 15 is 0 Å². The second-order valence-electron chi connectivity index (χ2n) is 3.25. The van der Waals surface area contributed by atoms with Crippen LogP contribution in [0.15, 0.2) is 5.38 Å². The van der Waals surface area contributed by atoms with E-state index in [9.17, 15) is 18.0 Å². The molecule has 4 nitrogen and oxygen atoms in total. The quantitative estimate of drug-likeness (QED) is 0.858. The highest BCUT2D eigenvalue weighted by molar-refractivity contribution is 7.17. The number of nitrogens with zero attached hydrogens (tertiary/aromatic N) is 2. The average molecular weight is 262 g/mol. The summed E-state index contributed by atoms with van der Waals surface area (Å²) in [6.45, 7) is 1.29. The summed E-state index contributed by atoms with van der Waals surface area (Å²) in [7, 11) is 0. The number of carboxylic acids is 1. The molecule has 0 radical (unpaired) electrons. The lowest BCUT2D eigenvalue weighted by Gasteiger charge is -2.07. The van der Waals surface area contributed by atoms with Crippen molar-refractivity contribution in [3.05, 3.63) is 22.5 Å². The SMILES string of the molecule is Cc1nc(C(F)(F)F)c2scc(C(=O)O)c2n1. The van der Waals surface area contributed by atoms with Gasteiger partial charge < -0.3 is 5.11 Å². The van der Waals surface area contributed by atoms with Crippen LogP contribution in [0.2, 0.25) is 0 Å². The number of thiophene rings is 1. The molecule has 2 aromatic heterocycles. The molecule has 2 heterocycles. The first-order valence-electron chi connectivity index (χ1n) is 4.37. The predicted molar refractivity (Wildman–Crippen MR) is 54.1 cm³/mol. The Bertz CT molecular complexity index is 606. The van der Waals surface area contributed by atoms with Crippen molar-refractivity contribution in [2.45, 2.75) is 13.1 Å². The largest absolute Gasteiger partial charge is 0.478 e. The molecule has 0 aromatic carbocycles. The van der Waals surface area contributed by atoms with E-state index in [0.717, 1.165) is 5.38 Å². The van der Waals surface area contributed by atoms with Crippen molar-refractivity contribution in [1.82, 2.24) is 9.97 Å². The number of carboxylic acid groups (broad SMARTS) is 1. The van der Waals surface area contributed by atoms with Crippen LogP contribution in [0.3, 0.4) is 0 Å². The average Bonchev–Trinajstić information content (AvgIpc) is 2.57. The van der Waals surface area contributed by atoms with Gasteiger partial charge in [0.05, 0.1) is 15.8 Å². The maximum absolute atomic E-state index is 12.7. The molecule has 1 N–H and O–H groups in total. The molecule has 0 fully saturated rings. The zero-order valence-corrected chi connectivity index (χ0v) is 9.19. The van der Waals surface area contributed by atoms with E-state index in [0.29, 0.717) is 11.3 Å². The Balaban J connectivity index is 2.84. The molecule has 0 amide bonds. The molecule has 0 aliphatic heterocycles. The van der Waals surface area contributed by atoms with Gasteiger partial charge in [-0.25, -0.2) is 14.8 Å². The van der Waals surface area contributed by atoms with E-state index < -0.39 is 17.8 Å². The Hall–Kier alpha value is -1.70. The van der Waals surface area contributed by atoms with E-state index in [1.165, 1.54) is 6.92 Å². The molecule has 17 heavy (non-hydrogen) atoms. The Morgan fingerprint density at radius 3 is 2.59 bits per heavy atom. The standard InChI is InChI=1S/C9H5F3N2O2S/c1-3-13-5-4(8(15)16)2-17-6(5)7(14-3)9(10,11)12/h2H,1H3,(H,15,16). The minimum Gasteiger partial charge on any atom is -0.478 e. The zero-order chi connectivity index (χ0) is 12.8. The van der Waals surface area contributed by atoms with Gasteiger partial charge in [0.2, 0.25) is 0 Å². The van der Waals surface area contributed by atoms with Crippen LogP contribution in [0.4, 0.5) is 13.2 Å². The topological polar surface area (TPSA) is 63.1 Å². The molecule has 0 saturated carbocycles. The van der Waals surface area contributed by atoms with Gasteiger partial charge >= 0.3 is 12.1 Å². The lowest BCUT2D eigenvalue weighted by molar-refractivity contribution is -0.139. The summed E-state index contributed by atoms with van der Waals surface area (Å²) < 4.78 is 37.8. The van der Waals surface area contributed by atoms with E-state index in [1.807, 2.05) is 0 Å². The second kappa shape index (κ2) is 3.66. The Morgan fingerprint density at radius 1 is 1.41 bits per heavy atom. The molecule has 8 heteroatoms. The van der Waals surface area contributed by atoms with Crippen LogP contribution in [0.5, 0.6) is 0 Å². The summed E-state index contributed by atoms with van der Waals surface area (Å²) in [5.41, 5.74) is -1.49. The first kappa shape index (κ1) is 11.8. The molecule has 0 aliphatic rings. The molecule has 0 unspecified atom stereocenters. The number of aryl methyl sites for hydroxylation is 1. The highest BCUT2D eigenvalue weighted by atomic mass is 32.1. The molecule has 0 saturated heterocycles. The van der Waals surface area contributed by atoms with Crippen molar-refractivity contribution in [3.63, 3.8) is 0 Å². The lowest BCUT2D eigenvalue weighted by atomic mass is 10.2. The van der Waals surface area contributed by atoms with Crippen molar-refractivity contribution in [1.29, 1.82) is 0 Å². The highest BCUT2D eigenvalue weighted by Gasteiger charge is 2.36. The van der Waals surface area contributed by atoms with E-state index in [4.69, 9.17) is 5.11 Å². The monoisotopic (exact) mass is 262 g/mol. The fourth-order valence-electron chi connectivity index (χ4n) is 1.37. The molecule has 2 rings (SSSR count). The summed E-state index contributed by atoms with van der Waals surface area (Å²) in [4.78, 5) is 17.9. The maximum atomic E-state index is 12.7. The predicted octanol–water partition coefficient (Wildman–Crippen LogP) is 2.72. The number of hydrogen-bond acceptors (Lipinski definition) is 4. The van der Waals surface area contributed by atoms with Crippen molar-refractivity contribution < 1.29 is 23.1 Å². The van der Waals surface area contributed by atoms with Gasteiger partial charge in [0, 0.05) is 5.38 Å². The smallest absolute Gasteiger partial charge is 0.434 e. The number of carbonyl (C=O) groups is 1. The number of halogens is 3. The summed E-state index contributed by atoms with van der Waals surface area (Å²) in [6, 6.07) is 0. The van der Waals surface area contributed by atoms with Crippen LogP contribution in [0.25, 0.3) is 10.2 Å². The number of aromatic carboxylic acids is 1. The van der Waals surface area contributed by atoms with E-state index in [-0.39, 0.29) is 21.6 Å². The third-order valence-corrected chi connectivity index (χ3v) is 3.00. The Morgan fingerprint density at radius 2 is 2.06 bits per heavy atom. The lowest BCUT2D eigenvalue weighted by Crippen LogP contribution is -2.10. The second-order valence-corrected chi connectivity index (χ2v) is 4.13. The summed E-state index contributed by atoms with van der Waals surface area (Å²) in [5, 5.41) is 9.96. The van der Waals surface area contributed by atoms with Gasteiger partial charge in [-0.2, -0.15) is 13.2 Å². The summed E-state index contributed by atoms with van der Waals surface area (Å²) in [6.07, 6.45) is -4.62. The zero-order valence-electron chi connectivity index (χ0n) is 8.37. The first-order chi connectivity index (χ1) is 7.80. The summed E-state index contributed by atoms with van der Waals surface area (Å²) in [5.74, 6) is -1.41. The Kier molecular flexibility index (Phi) is 2.53. The molecule has 0 atom stereocenters. The van der Waals surface area contributed by atoms with Crippen LogP contribution in [0, 0.1) is 6.92 Å². The van der Waals surface area contributed by atoms with Crippen LogP contribution in [-0.2, 0) is 6.18 Å². The highest BCUT2D eigenvalue weighted by Crippen LogP contribution is 2.36. The van der Waals surface area contributed by atoms with Gasteiger partial charge in [-0.3, -0.25) is 0 Å². The van der Waals surface area contributed by atoms with Crippen molar-refractivity contribution in [2.75, 3.05) is 0 Å². The van der Waals surface area contributed by atoms with E-state index in [2.05, 4.69) is 9.97 Å². The number of aromatic nitrogens is 2. The van der Waals surface area contributed by atoms with Crippen LogP contribution in [-0.4, -0.2) is 21.0 Å². The van der Waals surface area contributed by atoms with Crippen molar-refractivity contribution in [3.8, 4) is 0 Å². The van der Waals surface area contributed by atoms with Gasteiger partial charge in [-0.15, -0.1) is 11.3 Å². The number of alkyl halides is 3. The fraction of sp³-hybridized carbons (Fsp3) is 0.222. The van der Waals surface area contributed by atoms with E-state index in [1.54, 1.807) is 0 Å². The van der Waals surface area contributed by atoms with Crippen molar-refractivity contribution in [2.24, 2.45) is 0 Å². The number of fused-ring (bicyclic) bond motifs is 1. The number of rotatable bonds is 1. The molecule has 0 bridgehead atoms. The number of hydrogen-bond donors (Lipinski definition) is 1. The molecule has 0 aliphatic carbocycles. The summed E-state index contributed by atoms with van der Waals surface area (Å²) >= 11 is 0.679. The third-order valence-electron chi connectivity index (χ3n) is 2.03. The van der Waals surface area contributed by atoms with Gasteiger partial charge in [0.15, 0.2) is 5.69 Å². The van der Waals surface area contributed by atoms with Gasteiger partial charge in [0.1, 0.15) is 5.82 Å². The minimum absolute atomic E-state index is 0.106. The Labute approximate surface area is 96.7 Å². The third kappa shape index (κ3) is 1.95. The molecule has 90 valence electrons. The minimum atomic E-state index is -4.62. The van der Waals surface area contributed by atoms with Gasteiger partial charge in [-0.1, -0.05) is 0 Å². The first-order valence-corrected chi connectivity index (χ1v) is 5.25. The molecule has 2 aromatic rings. The molecular formula is C9H5F3N2O2S. The normalized spacial score (nSPS) is 12.0. The fourth-order valence-corrected chi connectivity index (χ4v) is 2.36. The van der Waals surface area contributed by atoms with Crippen molar-refractivity contribution >= 4 is 27.5 Å². The molecular weight excluding hydrogens is 257 g/mol. The molecule has 0 spiro atoms. The van der Waals surface area contributed by atoms with Crippen LogP contribution in [0.1, 0.15) is 21.9 Å². The maximum Gasteiger partial charge on any atom is 0.434 e.